The number of aryl methyl sites for hydroxylation is 1. The maximum absolute atomic E-state index is 5.77. The highest BCUT2D eigenvalue weighted by Crippen LogP contribution is 2.16. The molecular formula is C18H23N7. The van der Waals surface area contributed by atoms with E-state index in [9.17, 15) is 0 Å². The number of hydrogen-bond acceptors (Lipinski definition) is 6. The molecule has 3 heterocycles. The Morgan fingerprint density at radius 2 is 1.84 bits per heavy atom. The number of rotatable bonds is 4. The van der Waals surface area contributed by atoms with Gasteiger partial charge >= 0.3 is 0 Å². The first-order chi connectivity index (χ1) is 12.2. The molecule has 0 spiro atoms. The van der Waals surface area contributed by atoms with Crippen molar-refractivity contribution in [3.05, 3.63) is 42.4 Å². The fourth-order valence-corrected chi connectivity index (χ4v) is 3.37. The molecule has 1 aromatic carbocycles. The number of nitrogens with two attached hydrogens (primary N) is 1. The van der Waals surface area contributed by atoms with E-state index in [4.69, 9.17) is 5.73 Å². The Morgan fingerprint density at radius 3 is 2.64 bits per heavy atom. The van der Waals surface area contributed by atoms with Crippen molar-refractivity contribution in [2.45, 2.75) is 13.5 Å². The van der Waals surface area contributed by atoms with E-state index < -0.39 is 0 Å². The van der Waals surface area contributed by atoms with Crippen molar-refractivity contribution in [1.29, 1.82) is 0 Å². The van der Waals surface area contributed by atoms with Gasteiger partial charge in [-0.15, -0.1) is 0 Å². The Bertz CT molecular complexity index is 844. The molecule has 7 heteroatoms. The summed E-state index contributed by atoms with van der Waals surface area (Å²) in [6.45, 7) is 7.90. The van der Waals surface area contributed by atoms with Crippen molar-refractivity contribution in [3.63, 3.8) is 0 Å². The number of para-hydroxylation sites is 2. The van der Waals surface area contributed by atoms with Gasteiger partial charge in [0, 0.05) is 51.0 Å². The molecule has 0 amide bonds. The van der Waals surface area contributed by atoms with E-state index in [2.05, 4.69) is 47.5 Å². The number of nitrogens with zero attached hydrogens (tertiary/aromatic N) is 6. The molecule has 1 aliphatic heterocycles. The number of aromatic nitrogens is 4. The number of anilines is 2. The van der Waals surface area contributed by atoms with Crippen molar-refractivity contribution < 1.29 is 0 Å². The molecule has 25 heavy (non-hydrogen) atoms. The first-order valence-corrected chi connectivity index (χ1v) is 8.67. The maximum atomic E-state index is 5.77. The molecule has 0 aliphatic carbocycles. The lowest BCUT2D eigenvalue weighted by molar-refractivity contribution is 0.248. The molecule has 1 aliphatic rings. The third-order valence-electron chi connectivity index (χ3n) is 4.74. The highest BCUT2D eigenvalue weighted by Gasteiger charge is 2.18. The number of hydrogen-bond donors (Lipinski definition) is 1. The predicted molar refractivity (Wildman–Crippen MR) is 99.6 cm³/mol. The normalized spacial score (nSPS) is 15.8. The molecular weight excluding hydrogens is 314 g/mol. The minimum Gasteiger partial charge on any atom is -0.368 e. The third-order valence-corrected chi connectivity index (χ3v) is 4.74. The van der Waals surface area contributed by atoms with Gasteiger partial charge < -0.3 is 15.2 Å². The van der Waals surface area contributed by atoms with Gasteiger partial charge in [-0.05, 0) is 19.1 Å². The van der Waals surface area contributed by atoms with E-state index in [1.165, 1.54) is 5.52 Å². The molecule has 2 N–H and O–H groups in total. The van der Waals surface area contributed by atoms with Crippen molar-refractivity contribution >= 4 is 22.8 Å². The molecule has 4 rings (SSSR count). The fraction of sp³-hybridized carbons (Fsp3) is 0.389. The van der Waals surface area contributed by atoms with Crippen LogP contribution in [0.15, 0.2) is 36.7 Å². The lowest BCUT2D eigenvalue weighted by Crippen LogP contribution is -2.47. The molecule has 0 bridgehead atoms. The number of nitrogen functional groups attached to an aromatic ring is 1. The van der Waals surface area contributed by atoms with Crippen LogP contribution >= 0.6 is 0 Å². The SMILES string of the molecule is Cc1cc(N2CCN(CCn3cnc4ccccc43)CC2)nc(N)n1. The van der Waals surface area contributed by atoms with E-state index in [1.807, 2.05) is 25.4 Å². The van der Waals surface area contributed by atoms with Crippen LogP contribution in [0.2, 0.25) is 0 Å². The third kappa shape index (κ3) is 3.41. The lowest BCUT2D eigenvalue weighted by atomic mass is 10.3. The number of piperazine rings is 1. The van der Waals surface area contributed by atoms with E-state index in [0.29, 0.717) is 5.95 Å². The van der Waals surface area contributed by atoms with Crippen LogP contribution in [0.3, 0.4) is 0 Å². The minimum absolute atomic E-state index is 0.351. The van der Waals surface area contributed by atoms with E-state index >= 15 is 0 Å². The second-order valence-electron chi connectivity index (χ2n) is 6.48. The highest BCUT2D eigenvalue weighted by atomic mass is 15.3. The second kappa shape index (κ2) is 6.68. The second-order valence-corrected chi connectivity index (χ2v) is 6.48. The van der Waals surface area contributed by atoms with Crippen LogP contribution in [-0.4, -0.2) is 57.1 Å². The molecule has 2 aromatic heterocycles. The predicted octanol–water partition coefficient (Wildman–Crippen LogP) is 1.54. The highest BCUT2D eigenvalue weighted by molar-refractivity contribution is 5.74. The molecule has 7 nitrogen and oxygen atoms in total. The summed E-state index contributed by atoms with van der Waals surface area (Å²) in [4.78, 5) is 17.7. The maximum Gasteiger partial charge on any atom is 0.222 e. The van der Waals surface area contributed by atoms with Gasteiger partial charge in [0.05, 0.1) is 17.4 Å². The summed E-state index contributed by atoms with van der Waals surface area (Å²) in [5.74, 6) is 1.29. The smallest absolute Gasteiger partial charge is 0.222 e. The number of imidazole rings is 1. The Kier molecular flexibility index (Phi) is 4.23. The van der Waals surface area contributed by atoms with Gasteiger partial charge in [-0.25, -0.2) is 9.97 Å². The van der Waals surface area contributed by atoms with E-state index in [0.717, 1.165) is 56.3 Å². The molecule has 0 unspecified atom stereocenters. The standard InChI is InChI=1S/C18H23N7/c1-14-12-17(22-18(19)21-14)24-9-6-23(7-10-24)8-11-25-13-20-15-4-2-3-5-16(15)25/h2-5,12-13H,6-11H2,1H3,(H2,19,21,22). The molecule has 130 valence electrons. The van der Waals surface area contributed by atoms with Crippen molar-refractivity contribution in [2.24, 2.45) is 0 Å². The van der Waals surface area contributed by atoms with Gasteiger partial charge in [0.15, 0.2) is 0 Å². The zero-order valence-corrected chi connectivity index (χ0v) is 14.5. The van der Waals surface area contributed by atoms with Crippen LogP contribution in [0.25, 0.3) is 11.0 Å². The van der Waals surface area contributed by atoms with Crippen LogP contribution in [0.1, 0.15) is 5.69 Å². The van der Waals surface area contributed by atoms with Crippen LogP contribution in [0.4, 0.5) is 11.8 Å². The summed E-state index contributed by atoms with van der Waals surface area (Å²) in [7, 11) is 0. The Hall–Kier alpha value is -2.67. The summed E-state index contributed by atoms with van der Waals surface area (Å²) in [5.41, 5.74) is 8.95. The minimum atomic E-state index is 0.351. The van der Waals surface area contributed by atoms with Gasteiger partial charge in [-0.2, -0.15) is 4.98 Å². The summed E-state index contributed by atoms with van der Waals surface area (Å²) >= 11 is 0. The molecule has 1 saturated heterocycles. The summed E-state index contributed by atoms with van der Waals surface area (Å²) in [6.07, 6.45) is 1.94. The largest absolute Gasteiger partial charge is 0.368 e. The van der Waals surface area contributed by atoms with E-state index in [-0.39, 0.29) is 0 Å². The Morgan fingerprint density at radius 1 is 1.04 bits per heavy atom. The summed E-state index contributed by atoms with van der Waals surface area (Å²) in [5, 5.41) is 0. The van der Waals surface area contributed by atoms with Crippen LogP contribution < -0.4 is 10.6 Å². The zero-order chi connectivity index (χ0) is 17.2. The molecule has 0 radical (unpaired) electrons. The van der Waals surface area contributed by atoms with Gasteiger partial charge in [-0.1, -0.05) is 12.1 Å². The van der Waals surface area contributed by atoms with Gasteiger partial charge in [-0.3, -0.25) is 4.90 Å². The number of benzene rings is 1. The first kappa shape index (κ1) is 15.8. The van der Waals surface area contributed by atoms with Crippen LogP contribution in [-0.2, 0) is 6.54 Å². The van der Waals surface area contributed by atoms with Gasteiger partial charge in [0.25, 0.3) is 0 Å². The van der Waals surface area contributed by atoms with Gasteiger partial charge in [0.1, 0.15) is 5.82 Å². The molecule has 3 aromatic rings. The van der Waals surface area contributed by atoms with Crippen molar-refractivity contribution in [2.75, 3.05) is 43.4 Å². The summed E-state index contributed by atoms with van der Waals surface area (Å²) < 4.78 is 2.23. The monoisotopic (exact) mass is 337 g/mol. The zero-order valence-electron chi connectivity index (χ0n) is 14.5. The average Bonchev–Trinajstić information content (AvgIpc) is 3.03. The van der Waals surface area contributed by atoms with Crippen LogP contribution in [0, 0.1) is 6.92 Å². The Balaban J connectivity index is 1.34. The first-order valence-electron chi connectivity index (χ1n) is 8.67. The van der Waals surface area contributed by atoms with Gasteiger partial charge in [0.2, 0.25) is 5.95 Å². The quantitative estimate of drug-likeness (QED) is 0.778. The number of fused-ring (bicyclic) bond motifs is 1. The fourth-order valence-electron chi connectivity index (χ4n) is 3.37. The molecule has 0 saturated carbocycles. The topological polar surface area (TPSA) is 76.1 Å². The average molecular weight is 337 g/mol. The molecule has 0 atom stereocenters. The summed E-state index contributed by atoms with van der Waals surface area (Å²) in [6, 6.07) is 10.3. The Labute approximate surface area is 147 Å². The lowest BCUT2D eigenvalue weighted by Gasteiger charge is -2.35. The van der Waals surface area contributed by atoms with Crippen LogP contribution in [0.5, 0.6) is 0 Å². The van der Waals surface area contributed by atoms with Crippen molar-refractivity contribution in [1.82, 2.24) is 24.4 Å². The van der Waals surface area contributed by atoms with Crippen molar-refractivity contribution in [3.8, 4) is 0 Å². The van der Waals surface area contributed by atoms with E-state index in [1.54, 1.807) is 0 Å². The molecule has 1 fully saturated rings.